The van der Waals surface area contributed by atoms with Crippen LogP contribution in [0.2, 0.25) is 0 Å². The number of carbonyl (C=O) groups is 1. The highest BCUT2D eigenvalue weighted by molar-refractivity contribution is 5.80. The average molecular weight is 350 g/mol. The number of nitrogens with zero attached hydrogens (tertiary/aromatic N) is 2. The van der Waals surface area contributed by atoms with E-state index >= 15 is 0 Å². The molecule has 0 bridgehead atoms. The number of amides is 1. The molecule has 2 unspecified atom stereocenters. The van der Waals surface area contributed by atoms with Gasteiger partial charge in [-0.25, -0.2) is 4.39 Å². The number of rotatable bonds is 5. The molecule has 1 saturated heterocycles. The molecule has 7 heteroatoms. The Balaban J connectivity index is 2.06. The molecule has 2 atom stereocenters. The number of hydrogen-bond donors (Lipinski definition) is 2. The number of morpholine rings is 1. The first-order chi connectivity index (χ1) is 12.0. The molecule has 138 valence electrons. The zero-order chi connectivity index (χ0) is 18.2. The second-order valence-corrected chi connectivity index (χ2v) is 6.11. The van der Waals surface area contributed by atoms with E-state index in [1.807, 2.05) is 13.8 Å². The molecule has 0 spiro atoms. The fraction of sp³-hybridized carbons (Fsp3) is 0.556. The van der Waals surface area contributed by atoms with Crippen molar-refractivity contribution >= 4 is 11.9 Å². The number of guanidine groups is 1. The van der Waals surface area contributed by atoms with Crippen LogP contribution < -0.4 is 10.6 Å². The van der Waals surface area contributed by atoms with Crippen molar-refractivity contribution in [1.82, 2.24) is 15.5 Å². The van der Waals surface area contributed by atoms with Crippen LogP contribution in [0.4, 0.5) is 4.39 Å². The highest BCUT2D eigenvalue weighted by Crippen LogP contribution is 2.25. The molecule has 2 N–H and O–H groups in total. The molecule has 1 aromatic carbocycles. The van der Waals surface area contributed by atoms with Crippen LogP contribution in [0.5, 0.6) is 0 Å². The summed E-state index contributed by atoms with van der Waals surface area (Å²) in [4.78, 5) is 17.7. The van der Waals surface area contributed by atoms with E-state index in [0.29, 0.717) is 19.6 Å². The highest BCUT2D eigenvalue weighted by Gasteiger charge is 2.28. The Kier molecular flexibility index (Phi) is 7.18. The molecule has 1 aromatic rings. The zero-order valence-electron chi connectivity index (χ0n) is 15.1. The molecule has 2 rings (SSSR count). The second-order valence-electron chi connectivity index (χ2n) is 6.11. The quantitative estimate of drug-likeness (QED) is 0.482. The molecule has 1 fully saturated rings. The van der Waals surface area contributed by atoms with Crippen LogP contribution in [0.25, 0.3) is 0 Å². The van der Waals surface area contributed by atoms with Gasteiger partial charge >= 0.3 is 0 Å². The van der Waals surface area contributed by atoms with Gasteiger partial charge in [0.2, 0.25) is 5.91 Å². The van der Waals surface area contributed by atoms with Gasteiger partial charge in [-0.15, -0.1) is 0 Å². The van der Waals surface area contributed by atoms with Crippen LogP contribution >= 0.6 is 0 Å². The van der Waals surface area contributed by atoms with Crippen molar-refractivity contribution in [2.45, 2.75) is 33.0 Å². The van der Waals surface area contributed by atoms with Crippen molar-refractivity contribution in [3.8, 4) is 0 Å². The molecule has 0 radical (unpaired) electrons. The van der Waals surface area contributed by atoms with Crippen LogP contribution in [0.1, 0.15) is 32.4 Å². The molecule has 1 aliphatic heterocycles. The minimum Gasteiger partial charge on any atom is -0.367 e. The van der Waals surface area contributed by atoms with Gasteiger partial charge in [0.15, 0.2) is 5.96 Å². The minimum atomic E-state index is -0.252. The van der Waals surface area contributed by atoms with Crippen LogP contribution in [-0.2, 0) is 9.53 Å². The van der Waals surface area contributed by atoms with Gasteiger partial charge in [-0.1, -0.05) is 12.1 Å². The lowest BCUT2D eigenvalue weighted by atomic mass is 10.1. The smallest absolute Gasteiger partial charge is 0.216 e. The number of carbonyl (C=O) groups excluding carboxylic acids is 1. The van der Waals surface area contributed by atoms with Crippen molar-refractivity contribution < 1.29 is 13.9 Å². The topological polar surface area (TPSA) is 66.0 Å². The summed E-state index contributed by atoms with van der Waals surface area (Å²) in [6.07, 6.45) is -0.105. The maximum atomic E-state index is 13.2. The Hall–Kier alpha value is -2.15. The Morgan fingerprint density at radius 3 is 2.68 bits per heavy atom. The number of aliphatic imine (C=N–C) groups is 1. The molecular weight excluding hydrogens is 323 g/mol. The maximum Gasteiger partial charge on any atom is 0.216 e. The number of nitrogens with one attached hydrogen (secondary N) is 2. The highest BCUT2D eigenvalue weighted by atomic mass is 19.1. The van der Waals surface area contributed by atoms with Gasteiger partial charge in [0, 0.05) is 26.6 Å². The largest absolute Gasteiger partial charge is 0.367 e. The van der Waals surface area contributed by atoms with E-state index in [0.717, 1.165) is 24.6 Å². The fourth-order valence-electron chi connectivity index (χ4n) is 2.81. The normalized spacial score (nSPS) is 21.1. The fourth-order valence-corrected chi connectivity index (χ4v) is 2.81. The van der Waals surface area contributed by atoms with E-state index < -0.39 is 0 Å². The standard InChI is InChI=1S/C18H27FN4O2/c1-4-20-18(22-10-9-21-14(3)24)23-11-13(2)25-17(12-23)15-5-7-16(19)8-6-15/h5-8,13,17H,4,9-12H2,1-3H3,(H,20,22)(H,21,24). The summed E-state index contributed by atoms with van der Waals surface area (Å²) in [5, 5.41) is 6.03. The van der Waals surface area contributed by atoms with Crippen LogP contribution in [-0.4, -0.2) is 55.6 Å². The first-order valence-corrected chi connectivity index (χ1v) is 8.68. The molecule has 1 heterocycles. The maximum absolute atomic E-state index is 13.2. The second kappa shape index (κ2) is 9.36. The van der Waals surface area contributed by atoms with Gasteiger partial charge in [-0.3, -0.25) is 9.79 Å². The minimum absolute atomic E-state index is 0.0306. The van der Waals surface area contributed by atoms with Crippen molar-refractivity contribution in [3.05, 3.63) is 35.6 Å². The van der Waals surface area contributed by atoms with E-state index in [1.54, 1.807) is 12.1 Å². The predicted octanol–water partition coefficient (Wildman–Crippen LogP) is 1.69. The summed E-state index contributed by atoms with van der Waals surface area (Å²) in [5.41, 5.74) is 0.951. The van der Waals surface area contributed by atoms with Crippen LogP contribution in [0.3, 0.4) is 0 Å². The van der Waals surface area contributed by atoms with Gasteiger partial charge < -0.3 is 20.3 Å². The van der Waals surface area contributed by atoms with Gasteiger partial charge in [-0.2, -0.15) is 0 Å². The van der Waals surface area contributed by atoms with E-state index in [4.69, 9.17) is 4.74 Å². The Morgan fingerprint density at radius 2 is 2.04 bits per heavy atom. The summed E-state index contributed by atoms with van der Waals surface area (Å²) in [7, 11) is 0. The monoisotopic (exact) mass is 350 g/mol. The summed E-state index contributed by atoms with van der Waals surface area (Å²) < 4.78 is 19.2. The molecule has 1 amide bonds. The van der Waals surface area contributed by atoms with Gasteiger partial charge in [0.05, 0.1) is 19.2 Å². The average Bonchev–Trinajstić information content (AvgIpc) is 2.57. The van der Waals surface area contributed by atoms with Crippen LogP contribution in [0.15, 0.2) is 29.3 Å². The van der Waals surface area contributed by atoms with Gasteiger partial charge in [-0.05, 0) is 31.5 Å². The lowest BCUT2D eigenvalue weighted by Crippen LogP contribution is -2.51. The molecule has 1 aliphatic rings. The van der Waals surface area contributed by atoms with Crippen molar-refractivity contribution in [2.75, 3.05) is 32.7 Å². The summed E-state index contributed by atoms with van der Waals surface area (Å²) in [6, 6.07) is 6.43. The SMILES string of the molecule is CCNC(=NCCNC(C)=O)N1CC(C)OC(c2ccc(F)cc2)C1. The predicted molar refractivity (Wildman–Crippen MR) is 95.9 cm³/mol. The summed E-state index contributed by atoms with van der Waals surface area (Å²) in [5.74, 6) is 0.490. The third-order valence-corrected chi connectivity index (χ3v) is 3.88. The first kappa shape index (κ1) is 19.2. The lowest BCUT2D eigenvalue weighted by molar-refractivity contribution is -0.118. The molecule has 0 aliphatic carbocycles. The number of halogens is 1. The number of benzene rings is 1. The van der Waals surface area contributed by atoms with E-state index in [1.165, 1.54) is 19.1 Å². The van der Waals surface area contributed by atoms with Crippen molar-refractivity contribution in [2.24, 2.45) is 4.99 Å². The Morgan fingerprint density at radius 1 is 1.32 bits per heavy atom. The third kappa shape index (κ3) is 6.01. The lowest BCUT2D eigenvalue weighted by Gasteiger charge is -2.38. The number of ether oxygens (including phenoxy) is 1. The van der Waals surface area contributed by atoms with Crippen molar-refractivity contribution in [1.29, 1.82) is 0 Å². The molecular formula is C18H27FN4O2. The Bertz CT molecular complexity index is 591. The zero-order valence-corrected chi connectivity index (χ0v) is 15.1. The summed E-state index contributed by atoms with van der Waals surface area (Å²) in [6.45, 7) is 8.66. The van der Waals surface area contributed by atoms with Gasteiger partial charge in [0.1, 0.15) is 11.9 Å². The van der Waals surface area contributed by atoms with E-state index in [-0.39, 0.29) is 23.9 Å². The van der Waals surface area contributed by atoms with E-state index in [2.05, 4.69) is 20.5 Å². The van der Waals surface area contributed by atoms with Crippen LogP contribution in [0, 0.1) is 5.82 Å². The summed E-state index contributed by atoms with van der Waals surface area (Å²) >= 11 is 0. The first-order valence-electron chi connectivity index (χ1n) is 8.68. The van der Waals surface area contributed by atoms with Crippen molar-refractivity contribution in [3.63, 3.8) is 0 Å². The third-order valence-electron chi connectivity index (χ3n) is 3.88. The van der Waals surface area contributed by atoms with Gasteiger partial charge in [0.25, 0.3) is 0 Å². The van der Waals surface area contributed by atoms with E-state index in [9.17, 15) is 9.18 Å². The molecule has 6 nitrogen and oxygen atoms in total. The molecule has 25 heavy (non-hydrogen) atoms. The molecule has 0 aromatic heterocycles. The Labute approximate surface area is 148 Å². The molecule has 0 saturated carbocycles. The number of hydrogen-bond acceptors (Lipinski definition) is 3.